The van der Waals surface area contributed by atoms with E-state index < -0.39 is 0 Å². The average molecular weight is 338 g/mol. The van der Waals surface area contributed by atoms with E-state index in [0.29, 0.717) is 0 Å². The Morgan fingerprint density at radius 1 is 1.46 bits per heavy atom. The van der Waals surface area contributed by atoms with Crippen LogP contribution < -0.4 is 0 Å². The van der Waals surface area contributed by atoms with E-state index in [0.717, 1.165) is 4.90 Å². The minimum atomic E-state index is 1.10. The summed E-state index contributed by atoms with van der Waals surface area (Å²) in [6.45, 7) is 0. The second-order valence-electron chi connectivity index (χ2n) is 2.57. The fraction of sp³-hybridized carbons (Fsp3) is 0.111. The van der Waals surface area contributed by atoms with E-state index >= 15 is 0 Å². The Balaban J connectivity index is 2.88. The first-order valence-electron chi connectivity index (χ1n) is 3.66. The number of thiol groups is 1. The van der Waals surface area contributed by atoms with Crippen LogP contribution in [0.5, 0.6) is 0 Å². The lowest BCUT2D eigenvalue weighted by molar-refractivity contribution is 1.50. The molecule has 0 aliphatic rings. The van der Waals surface area contributed by atoms with E-state index in [-0.39, 0.29) is 0 Å². The molecule has 0 unspecified atom stereocenters. The average Bonchev–Trinajstić information content (AvgIpc) is 2.51. The lowest BCUT2D eigenvalue weighted by Crippen LogP contribution is -1.76. The maximum Gasteiger partial charge on any atom is 0.0499 e. The number of fused-ring (bicyclic) bond motifs is 1. The van der Waals surface area contributed by atoms with Gasteiger partial charge < -0.3 is 0 Å². The zero-order valence-electron chi connectivity index (χ0n) is 6.87. The fourth-order valence-corrected chi connectivity index (χ4v) is 4.16. The summed E-state index contributed by atoms with van der Waals surface area (Å²) in [6.07, 6.45) is 2.10. The zero-order chi connectivity index (χ0) is 9.42. The summed E-state index contributed by atoms with van der Waals surface area (Å²) in [5.74, 6) is 0. The highest BCUT2D eigenvalue weighted by Gasteiger charge is 2.08. The maximum absolute atomic E-state index is 4.47. The van der Waals surface area contributed by atoms with Crippen LogP contribution in [0.25, 0.3) is 10.1 Å². The molecular weight excluding hydrogens is 331 g/mol. The van der Waals surface area contributed by atoms with Gasteiger partial charge in [-0.25, -0.2) is 0 Å². The van der Waals surface area contributed by atoms with Crippen LogP contribution in [0.2, 0.25) is 0 Å². The minimum Gasteiger partial charge on any atom is -0.142 e. The Kier molecular flexibility index (Phi) is 3.12. The molecule has 2 rings (SSSR count). The molecule has 0 atom stereocenters. The standard InChI is InChI=1S/C9H7IS3/c1-12-7-3-2-5(10)9-8(7)6(11)4-13-9/h2-4,11H,1H3. The molecule has 0 bridgehead atoms. The smallest absolute Gasteiger partial charge is 0.0499 e. The fourth-order valence-electron chi connectivity index (χ4n) is 1.24. The van der Waals surface area contributed by atoms with Crippen molar-refractivity contribution in [3.63, 3.8) is 0 Å². The van der Waals surface area contributed by atoms with Crippen molar-refractivity contribution < 1.29 is 0 Å². The lowest BCUT2D eigenvalue weighted by atomic mass is 10.3. The van der Waals surface area contributed by atoms with Gasteiger partial charge >= 0.3 is 0 Å². The Labute approximate surface area is 105 Å². The van der Waals surface area contributed by atoms with Gasteiger partial charge in [0, 0.05) is 28.8 Å². The van der Waals surface area contributed by atoms with E-state index in [1.54, 1.807) is 23.1 Å². The summed E-state index contributed by atoms with van der Waals surface area (Å²) >= 11 is 10.4. The van der Waals surface area contributed by atoms with Crippen molar-refractivity contribution in [1.82, 2.24) is 0 Å². The summed E-state index contributed by atoms with van der Waals surface area (Å²) in [7, 11) is 0. The molecule has 0 spiro atoms. The summed E-state index contributed by atoms with van der Waals surface area (Å²) in [5, 5.41) is 3.42. The van der Waals surface area contributed by atoms with Crippen molar-refractivity contribution in [2.75, 3.05) is 6.26 Å². The van der Waals surface area contributed by atoms with Gasteiger partial charge in [0.1, 0.15) is 0 Å². The maximum atomic E-state index is 4.47. The molecule has 1 heterocycles. The predicted octanol–water partition coefficient (Wildman–Crippen LogP) is 4.52. The summed E-state index contributed by atoms with van der Waals surface area (Å²) in [5.41, 5.74) is 0. The van der Waals surface area contributed by atoms with E-state index in [2.05, 4.69) is 59.0 Å². The molecule has 2 aromatic rings. The van der Waals surface area contributed by atoms with Gasteiger partial charge in [0.2, 0.25) is 0 Å². The quantitative estimate of drug-likeness (QED) is 0.453. The van der Waals surface area contributed by atoms with Crippen LogP contribution in [0, 0.1) is 3.57 Å². The third kappa shape index (κ3) is 1.73. The van der Waals surface area contributed by atoms with Gasteiger partial charge in [-0.2, -0.15) is 0 Å². The SMILES string of the molecule is CSc1ccc(I)c2scc(S)c12. The van der Waals surface area contributed by atoms with Gasteiger partial charge in [-0.15, -0.1) is 35.7 Å². The van der Waals surface area contributed by atoms with Gasteiger partial charge in [-0.05, 0) is 41.0 Å². The highest BCUT2D eigenvalue weighted by Crippen LogP contribution is 2.38. The Morgan fingerprint density at radius 2 is 2.23 bits per heavy atom. The Morgan fingerprint density at radius 3 is 2.92 bits per heavy atom. The second-order valence-corrected chi connectivity index (χ2v) is 5.95. The van der Waals surface area contributed by atoms with Gasteiger partial charge in [0.15, 0.2) is 0 Å². The van der Waals surface area contributed by atoms with E-state index in [1.807, 2.05) is 0 Å². The largest absolute Gasteiger partial charge is 0.142 e. The third-order valence-corrected chi connectivity index (χ3v) is 5.42. The number of hydrogen-bond acceptors (Lipinski definition) is 3. The van der Waals surface area contributed by atoms with Gasteiger partial charge in [-0.1, -0.05) is 0 Å². The van der Waals surface area contributed by atoms with Crippen molar-refractivity contribution >= 4 is 68.4 Å². The van der Waals surface area contributed by atoms with E-state index in [9.17, 15) is 0 Å². The highest BCUT2D eigenvalue weighted by atomic mass is 127. The van der Waals surface area contributed by atoms with Gasteiger partial charge in [0.25, 0.3) is 0 Å². The molecular formula is C9H7IS3. The van der Waals surface area contributed by atoms with Gasteiger partial charge in [0.05, 0.1) is 0 Å². The normalized spacial score (nSPS) is 11.0. The molecule has 0 amide bonds. The zero-order valence-corrected chi connectivity index (χ0v) is 11.6. The number of rotatable bonds is 1. The van der Waals surface area contributed by atoms with Gasteiger partial charge in [-0.3, -0.25) is 0 Å². The van der Waals surface area contributed by atoms with Crippen LogP contribution in [0.1, 0.15) is 0 Å². The number of hydrogen-bond donors (Lipinski definition) is 1. The molecule has 0 nitrogen and oxygen atoms in total. The Hall–Kier alpha value is 0.610. The molecule has 0 saturated carbocycles. The molecule has 13 heavy (non-hydrogen) atoms. The molecule has 4 heteroatoms. The molecule has 0 aliphatic carbocycles. The molecule has 1 aromatic heterocycles. The van der Waals surface area contributed by atoms with Crippen LogP contribution >= 0.6 is 58.3 Å². The number of thioether (sulfide) groups is 1. The molecule has 68 valence electrons. The molecule has 0 fully saturated rings. The Bertz CT molecular complexity index is 447. The summed E-state index contributed by atoms with van der Waals surface area (Å²) < 4.78 is 2.67. The number of thiophene rings is 1. The molecule has 0 N–H and O–H groups in total. The first-order valence-corrected chi connectivity index (χ1v) is 7.29. The van der Waals surface area contributed by atoms with Crippen molar-refractivity contribution in [3.05, 3.63) is 21.1 Å². The van der Waals surface area contributed by atoms with Crippen molar-refractivity contribution in [1.29, 1.82) is 0 Å². The number of halogens is 1. The van der Waals surface area contributed by atoms with Crippen molar-refractivity contribution in [3.8, 4) is 0 Å². The minimum absolute atomic E-state index is 1.10. The van der Waals surface area contributed by atoms with Crippen molar-refractivity contribution in [2.24, 2.45) is 0 Å². The molecule has 0 radical (unpaired) electrons. The topological polar surface area (TPSA) is 0 Å². The lowest BCUT2D eigenvalue weighted by Gasteiger charge is -2.01. The summed E-state index contributed by atoms with van der Waals surface area (Å²) in [6, 6.07) is 4.33. The highest BCUT2D eigenvalue weighted by molar-refractivity contribution is 14.1. The van der Waals surface area contributed by atoms with E-state index in [4.69, 9.17) is 0 Å². The molecule has 0 aliphatic heterocycles. The first-order chi connectivity index (χ1) is 6.24. The van der Waals surface area contributed by atoms with Crippen molar-refractivity contribution in [2.45, 2.75) is 9.79 Å². The monoisotopic (exact) mass is 338 g/mol. The van der Waals surface area contributed by atoms with Crippen LogP contribution in [0.3, 0.4) is 0 Å². The van der Waals surface area contributed by atoms with Crippen LogP contribution in [-0.2, 0) is 0 Å². The third-order valence-electron chi connectivity index (χ3n) is 1.84. The second kappa shape index (κ2) is 4.00. The number of benzene rings is 1. The van der Waals surface area contributed by atoms with Crippen LogP contribution in [0.4, 0.5) is 0 Å². The van der Waals surface area contributed by atoms with E-state index in [1.165, 1.54) is 18.6 Å². The predicted molar refractivity (Wildman–Crippen MR) is 73.6 cm³/mol. The molecule has 1 aromatic carbocycles. The summed E-state index contributed by atoms with van der Waals surface area (Å²) in [4.78, 5) is 2.42. The first kappa shape index (κ1) is 10.1. The van der Waals surface area contributed by atoms with Crippen LogP contribution in [-0.4, -0.2) is 6.26 Å². The molecule has 0 saturated heterocycles. The van der Waals surface area contributed by atoms with Crippen LogP contribution in [0.15, 0.2) is 27.3 Å².